The first kappa shape index (κ1) is 44.5. The summed E-state index contributed by atoms with van der Waals surface area (Å²) in [4.78, 5) is 16.6. The van der Waals surface area contributed by atoms with Crippen molar-refractivity contribution in [3.63, 3.8) is 0 Å². The Labute approximate surface area is 446 Å². The molecule has 14 aromatic rings. The molecule has 0 atom stereocenters. The predicted octanol–water partition coefficient (Wildman–Crippen LogP) is 18.4. The van der Waals surface area contributed by atoms with E-state index in [1.54, 1.807) is 0 Å². The van der Waals surface area contributed by atoms with Crippen molar-refractivity contribution in [1.29, 1.82) is 0 Å². The lowest BCUT2D eigenvalue weighted by molar-refractivity contribution is 0.660. The van der Waals surface area contributed by atoms with Gasteiger partial charge in [-0.2, -0.15) is 0 Å². The second-order valence-electron chi connectivity index (χ2n) is 20.7. The van der Waals surface area contributed by atoms with Crippen LogP contribution < -0.4 is 0 Å². The Morgan fingerprint density at radius 1 is 0.299 bits per heavy atom. The molecular weight excluding hydrogens is 935 g/mol. The molecule has 5 heteroatoms. The fourth-order valence-electron chi connectivity index (χ4n) is 12.4. The number of hydrogen-bond acceptors (Lipinski definition) is 3. The zero-order chi connectivity index (χ0) is 51.2. The maximum absolute atomic E-state index is 5.61. The van der Waals surface area contributed by atoms with Crippen LogP contribution in [0.2, 0.25) is 0 Å². The summed E-state index contributed by atoms with van der Waals surface area (Å²) in [5, 5.41) is 4.78. The zero-order valence-corrected chi connectivity index (χ0v) is 42.6. The van der Waals surface area contributed by atoms with Crippen LogP contribution in [0.5, 0.6) is 0 Å². The molecule has 0 amide bonds. The molecule has 0 bridgehead atoms. The van der Waals surface area contributed by atoms with E-state index >= 15 is 0 Å². The summed E-state index contributed by atoms with van der Waals surface area (Å²) in [6.45, 7) is 4.64. The van der Waals surface area contributed by atoms with Gasteiger partial charge in [0, 0.05) is 49.3 Å². The van der Waals surface area contributed by atoms with Crippen molar-refractivity contribution in [2.24, 2.45) is 0 Å². The minimum absolute atomic E-state index is 0.200. The third kappa shape index (κ3) is 7.04. The van der Waals surface area contributed by atoms with E-state index in [4.69, 9.17) is 15.0 Å². The van der Waals surface area contributed by atoms with Crippen molar-refractivity contribution in [3.05, 3.63) is 272 Å². The van der Waals surface area contributed by atoms with Crippen LogP contribution >= 0.6 is 0 Å². The zero-order valence-electron chi connectivity index (χ0n) is 42.6. The van der Waals surface area contributed by atoms with E-state index in [2.05, 4.69) is 284 Å². The maximum atomic E-state index is 5.61. The predicted molar refractivity (Wildman–Crippen MR) is 319 cm³/mol. The average molecular weight is 984 g/mol. The van der Waals surface area contributed by atoms with Gasteiger partial charge < -0.3 is 9.13 Å². The highest BCUT2D eigenvalue weighted by Gasteiger charge is 2.37. The van der Waals surface area contributed by atoms with Crippen molar-refractivity contribution in [1.82, 2.24) is 24.1 Å². The van der Waals surface area contributed by atoms with E-state index in [9.17, 15) is 0 Å². The Morgan fingerprint density at radius 3 is 1.42 bits per heavy atom. The van der Waals surface area contributed by atoms with Gasteiger partial charge in [0.15, 0.2) is 17.5 Å². The summed E-state index contributed by atoms with van der Waals surface area (Å²) in [7, 11) is 0. The molecule has 5 nitrogen and oxygen atoms in total. The lowest BCUT2D eigenvalue weighted by Gasteiger charge is -2.21. The van der Waals surface area contributed by atoms with Gasteiger partial charge in [0.2, 0.25) is 0 Å². The van der Waals surface area contributed by atoms with Gasteiger partial charge in [-0.25, -0.2) is 15.0 Å². The number of benzene rings is 11. The summed E-state index contributed by atoms with van der Waals surface area (Å²) in [6.07, 6.45) is 0. The Hall–Kier alpha value is -9.97. The number of rotatable bonds is 8. The first-order valence-electron chi connectivity index (χ1n) is 26.4. The molecule has 15 rings (SSSR count). The topological polar surface area (TPSA) is 48.5 Å². The van der Waals surface area contributed by atoms with Crippen molar-refractivity contribution in [3.8, 4) is 90.0 Å². The van der Waals surface area contributed by atoms with Crippen molar-refractivity contribution in [2.45, 2.75) is 19.3 Å². The van der Waals surface area contributed by atoms with Crippen LogP contribution in [-0.4, -0.2) is 24.1 Å². The van der Waals surface area contributed by atoms with E-state index in [0.29, 0.717) is 17.5 Å². The second kappa shape index (κ2) is 17.6. The molecule has 0 N–H and O–H groups in total. The molecule has 362 valence electrons. The number of para-hydroxylation sites is 3. The molecule has 0 unspecified atom stereocenters. The van der Waals surface area contributed by atoms with Crippen LogP contribution in [0.4, 0.5) is 0 Å². The van der Waals surface area contributed by atoms with Gasteiger partial charge in [0.1, 0.15) is 0 Å². The molecule has 1 aliphatic rings. The van der Waals surface area contributed by atoms with Crippen molar-refractivity contribution >= 4 is 43.6 Å². The molecule has 0 spiro atoms. The Morgan fingerprint density at radius 2 is 0.740 bits per heavy atom. The van der Waals surface area contributed by atoms with Crippen LogP contribution in [-0.2, 0) is 5.41 Å². The van der Waals surface area contributed by atoms with Crippen molar-refractivity contribution in [2.75, 3.05) is 0 Å². The molecule has 3 heterocycles. The van der Waals surface area contributed by atoms with E-state index in [1.165, 1.54) is 60.6 Å². The molecule has 0 saturated carbocycles. The highest BCUT2D eigenvalue weighted by atomic mass is 15.1. The van der Waals surface area contributed by atoms with Crippen LogP contribution in [0, 0.1) is 0 Å². The Kier molecular flexibility index (Phi) is 10.2. The van der Waals surface area contributed by atoms with E-state index in [-0.39, 0.29) is 5.41 Å². The van der Waals surface area contributed by atoms with Gasteiger partial charge in [0.05, 0.1) is 27.8 Å². The lowest BCUT2D eigenvalue weighted by Crippen LogP contribution is -2.14. The third-order valence-corrected chi connectivity index (χ3v) is 16.0. The van der Waals surface area contributed by atoms with Crippen LogP contribution in [0.1, 0.15) is 25.0 Å². The van der Waals surface area contributed by atoms with Gasteiger partial charge in [-0.3, -0.25) is 0 Å². The van der Waals surface area contributed by atoms with Crippen LogP contribution in [0.3, 0.4) is 0 Å². The fourth-order valence-corrected chi connectivity index (χ4v) is 12.4. The van der Waals surface area contributed by atoms with Gasteiger partial charge in [-0.1, -0.05) is 226 Å². The standard InChI is InChI=1S/C72H49N5/c1-72(2)59-33-15-12-27-54(59)66-58(32-18-34-60(66)72)71-74-69(49-41-39-48(40-42-49)46-21-6-3-7-22-46)73-70(75-71)57-44-43-50(47-23-8-4-9-24-47)45-65(57)77-62-36-17-14-29-56(62)68-53(31-20-38-64(68)77)52-30-19-37-63-67(52)55-28-13-16-35-61(55)76(63)51-25-10-5-11-26-51/h3-45H,1-2H3. The smallest absolute Gasteiger partial charge is 0.166 e. The highest BCUT2D eigenvalue weighted by Crippen LogP contribution is 2.52. The first-order valence-corrected chi connectivity index (χ1v) is 26.4. The molecular formula is C72H49N5. The normalized spacial score (nSPS) is 12.6. The fraction of sp³-hybridized carbons (Fsp3) is 0.0417. The minimum Gasteiger partial charge on any atom is -0.309 e. The van der Waals surface area contributed by atoms with Crippen LogP contribution in [0.25, 0.3) is 134 Å². The average Bonchev–Trinajstić information content (AvgIpc) is 4.32. The highest BCUT2D eigenvalue weighted by molar-refractivity contribution is 6.22. The van der Waals surface area contributed by atoms with E-state index < -0.39 is 0 Å². The van der Waals surface area contributed by atoms with E-state index in [1.807, 2.05) is 0 Å². The molecule has 1 aliphatic carbocycles. The van der Waals surface area contributed by atoms with E-state index in [0.717, 1.165) is 66.7 Å². The monoisotopic (exact) mass is 983 g/mol. The number of hydrogen-bond donors (Lipinski definition) is 0. The summed E-state index contributed by atoms with van der Waals surface area (Å²) in [6, 6.07) is 93.9. The molecule has 0 radical (unpaired) electrons. The summed E-state index contributed by atoms with van der Waals surface area (Å²) in [5.41, 5.74) is 21.0. The molecule has 3 aromatic heterocycles. The molecule has 77 heavy (non-hydrogen) atoms. The largest absolute Gasteiger partial charge is 0.309 e. The summed E-state index contributed by atoms with van der Waals surface area (Å²) >= 11 is 0. The minimum atomic E-state index is -0.200. The number of aromatic nitrogens is 5. The maximum Gasteiger partial charge on any atom is 0.166 e. The summed E-state index contributed by atoms with van der Waals surface area (Å²) < 4.78 is 4.84. The molecule has 0 saturated heterocycles. The van der Waals surface area contributed by atoms with Gasteiger partial charge in [-0.05, 0) is 104 Å². The summed E-state index contributed by atoms with van der Waals surface area (Å²) in [5.74, 6) is 1.83. The Balaban J connectivity index is 0.998. The lowest BCUT2D eigenvalue weighted by atomic mass is 9.82. The number of nitrogens with zero attached hydrogens (tertiary/aromatic N) is 5. The van der Waals surface area contributed by atoms with Crippen LogP contribution in [0.15, 0.2) is 261 Å². The SMILES string of the molecule is CC1(C)c2ccccc2-c2c(-c3nc(-c4ccc(-c5ccccc5)cc4)nc(-c4ccc(-c5ccccc5)cc4-n4c5ccccc5c5c(-c6cccc7c6c6ccccc6n7-c6ccccc6)cccc54)n3)cccc21. The first-order chi connectivity index (χ1) is 38.0. The second-order valence-corrected chi connectivity index (χ2v) is 20.7. The quantitative estimate of drug-likeness (QED) is 0.152. The Bertz CT molecular complexity index is 4630. The van der Waals surface area contributed by atoms with Gasteiger partial charge in [0.25, 0.3) is 0 Å². The van der Waals surface area contributed by atoms with Gasteiger partial charge >= 0.3 is 0 Å². The van der Waals surface area contributed by atoms with Crippen molar-refractivity contribution < 1.29 is 0 Å². The molecule has 0 fully saturated rings. The third-order valence-electron chi connectivity index (χ3n) is 16.0. The number of fused-ring (bicyclic) bond motifs is 9. The molecule has 0 aliphatic heterocycles. The van der Waals surface area contributed by atoms with Gasteiger partial charge in [-0.15, -0.1) is 0 Å². The molecule has 11 aromatic carbocycles.